The molecule has 2 heterocycles. The van der Waals surface area contributed by atoms with Gasteiger partial charge in [-0.2, -0.15) is 4.37 Å². The van der Waals surface area contributed by atoms with E-state index < -0.39 is 11.8 Å². The third-order valence-electron chi connectivity index (χ3n) is 3.55. The summed E-state index contributed by atoms with van der Waals surface area (Å²) in [5.74, 6) is 0.271. The summed E-state index contributed by atoms with van der Waals surface area (Å²) < 4.78 is 25.4. The van der Waals surface area contributed by atoms with E-state index in [0.717, 1.165) is 24.9 Å². The molecule has 0 fully saturated rings. The molecule has 1 aliphatic heterocycles. The van der Waals surface area contributed by atoms with E-state index in [9.17, 15) is 9.18 Å². The maximum Gasteiger partial charge on any atom is 0.339 e. The van der Waals surface area contributed by atoms with Crippen molar-refractivity contribution in [3.8, 4) is 0 Å². The fraction of sp³-hybridized carbons (Fsp3) is 0.400. The number of hydrogen-bond acceptors (Lipinski definition) is 5. The van der Waals surface area contributed by atoms with Gasteiger partial charge < -0.3 is 9.30 Å². The molecule has 122 valence electrons. The molecule has 8 heteroatoms. The van der Waals surface area contributed by atoms with E-state index in [4.69, 9.17) is 16.3 Å². The molecule has 1 unspecified atom stereocenters. The second-order valence-electron chi connectivity index (χ2n) is 5.42. The zero-order chi connectivity index (χ0) is 16.6. The molecular weight excluding hydrogens is 341 g/mol. The molecule has 0 saturated carbocycles. The van der Waals surface area contributed by atoms with E-state index in [2.05, 4.69) is 16.3 Å². The lowest BCUT2D eigenvalue weighted by Gasteiger charge is -2.06. The number of hydrogen-bond donors (Lipinski definition) is 0. The van der Waals surface area contributed by atoms with E-state index in [-0.39, 0.29) is 22.9 Å². The standard InChI is InChI=1S/C15H15ClFN3O2S/c1-3-22-14(21)9-5-12(11(17)6-10(9)16)18-15-20-7-8(2)4-13(20)19-23-15/h5-6,8H,3-4,7H2,1-2H3/b18-15-. The molecule has 0 N–H and O–H groups in total. The third kappa shape index (κ3) is 3.16. The molecule has 23 heavy (non-hydrogen) atoms. The van der Waals surface area contributed by atoms with Crippen LogP contribution in [0.4, 0.5) is 10.1 Å². The predicted molar refractivity (Wildman–Crippen MR) is 85.6 cm³/mol. The van der Waals surface area contributed by atoms with Crippen molar-refractivity contribution >= 4 is 34.8 Å². The van der Waals surface area contributed by atoms with Crippen molar-refractivity contribution in [2.75, 3.05) is 6.61 Å². The number of esters is 1. The van der Waals surface area contributed by atoms with E-state index in [0.29, 0.717) is 10.7 Å². The summed E-state index contributed by atoms with van der Waals surface area (Å²) in [7, 11) is 0. The van der Waals surface area contributed by atoms with Crippen molar-refractivity contribution in [3.05, 3.63) is 39.2 Å². The number of nitrogens with zero attached hydrogens (tertiary/aromatic N) is 3. The van der Waals surface area contributed by atoms with Gasteiger partial charge in [-0.1, -0.05) is 18.5 Å². The Kier molecular flexibility index (Phi) is 4.50. The summed E-state index contributed by atoms with van der Waals surface area (Å²) in [5.41, 5.74) is 0.157. The summed E-state index contributed by atoms with van der Waals surface area (Å²) in [6.07, 6.45) is 0.892. The molecule has 0 radical (unpaired) electrons. The minimum atomic E-state index is -0.593. The van der Waals surface area contributed by atoms with Gasteiger partial charge in [0.2, 0.25) is 4.80 Å². The van der Waals surface area contributed by atoms with Crippen LogP contribution < -0.4 is 4.80 Å². The molecule has 1 aromatic heterocycles. The fourth-order valence-corrected chi connectivity index (χ4v) is 3.50. The van der Waals surface area contributed by atoms with Gasteiger partial charge in [0, 0.05) is 24.5 Å². The number of halogens is 2. The van der Waals surface area contributed by atoms with Crippen molar-refractivity contribution < 1.29 is 13.9 Å². The molecule has 3 rings (SSSR count). The zero-order valence-corrected chi connectivity index (χ0v) is 14.2. The van der Waals surface area contributed by atoms with Crippen LogP contribution in [0.25, 0.3) is 0 Å². The SMILES string of the molecule is CCOC(=O)c1cc(/N=c2\snc3n2CC(C)C3)c(F)cc1Cl. The molecule has 1 atom stereocenters. The van der Waals surface area contributed by atoms with Crippen molar-refractivity contribution in [2.45, 2.75) is 26.8 Å². The lowest BCUT2D eigenvalue weighted by atomic mass is 10.1. The first-order valence-electron chi connectivity index (χ1n) is 7.26. The summed E-state index contributed by atoms with van der Waals surface area (Å²) in [6, 6.07) is 2.40. The lowest BCUT2D eigenvalue weighted by molar-refractivity contribution is 0.0526. The van der Waals surface area contributed by atoms with E-state index in [1.807, 2.05) is 4.57 Å². The lowest BCUT2D eigenvalue weighted by Crippen LogP contribution is -2.14. The normalized spacial score (nSPS) is 17.4. The molecule has 2 aromatic rings. The third-order valence-corrected chi connectivity index (χ3v) is 4.64. The Morgan fingerprint density at radius 1 is 1.61 bits per heavy atom. The van der Waals surface area contributed by atoms with Crippen LogP contribution in [0.15, 0.2) is 17.1 Å². The number of carbonyl (C=O) groups excluding carboxylic acids is 1. The predicted octanol–water partition coefficient (Wildman–Crippen LogP) is 3.34. The zero-order valence-electron chi connectivity index (χ0n) is 12.7. The van der Waals surface area contributed by atoms with Crippen LogP contribution >= 0.6 is 23.1 Å². The summed E-state index contributed by atoms with van der Waals surface area (Å²) in [5, 5.41) is 0.00992. The van der Waals surface area contributed by atoms with Gasteiger partial charge in [-0.3, -0.25) is 0 Å². The first kappa shape index (κ1) is 16.1. The molecule has 0 aliphatic carbocycles. The number of ether oxygens (including phenoxy) is 1. The smallest absolute Gasteiger partial charge is 0.339 e. The summed E-state index contributed by atoms with van der Waals surface area (Å²) in [4.78, 5) is 16.8. The Morgan fingerprint density at radius 2 is 2.39 bits per heavy atom. The fourth-order valence-electron chi connectivity index (χ4n) is 2.49. The van der Waals surface area contributed by atoms with Gasteiger partial charge in [0.05, 0.1) is 17.2 Å². The molecule has 0 spiro atoms. The minimum absolute atomic E-state index is 0.00992. The molecule has 5 nitrogen and oxygen atoms in total. The quantitative estimate of drug-likeness (QED) is 0.793. The topological polar surface area (TPSA) is 56.5 Å². The highest BCUT2D eigenvalue weighted by Crippen LogP contribution is 2.27. The first-order valence-corrected chi connectivity index (χ1v) is 8.41. The van der Waals surface area contributed by atoms with Gasteiger partial charge in [0.1, 0.15) is 17.3 Å². The first-order chi connectivity index (χ1) is 11.0. The van der Waals surface area contributed by atoms with Crippen molar-refractivity contribution in [1.29, 1.82) is 0 Å². The molecule has 1 aromatic carbocycles. The van der Waals surface area contributed by atoms with Crippen molar-refractivity contribution in [1.82, 2.24) is 8.94 Å². The summed E-state index contributed by atoms with van der Waals surface area (Å²) >= 11 is 7.15. The van der Waals surface area contributed by atoms with Crippen LogP contribution in [0.5, 0.6) is 0 Å². The van der Waals surface area contributed by atoms with Crippen molar-refractivity contribution in [3.63, 3.8) is 0 Å². The Hall–Kier alpha value is -1.73. The van der Waals surface area contributed by atoms with E-state index in [1.54, 1.807) is 6.92 Å². The second-order valence-corrected chi connectivity index (χ2v) is 6.55. The average molecular weight is 356 g/mol. The number of benzene rings is 1. The number of rotatable bonds is 3. The van der Waals surface area contributed by atoms with Gasteiger partial charge in [-0.25, -0.2) is 14.2 Å². The van der Waals surface area contributed by atoms with Crippen LogP contribution in [0, 0.1) is 11.7 Å². The average Bonchev–Trinajstić information content (AvgIpc) is 3.02. The molecule has 0 saturated heterocycles. The van der Waals surface area contributed by atoms with E-state index in [1.165, 1.54) is 17.6 Å². The van der Waals surface area contributed by atoms with Crippen LogP contribution in [0.2, 0.25) is 5.02 Å². The maximum absolute atomic E-state index is 14.1. The van der Waals surface area contributed by atoms with Crippen LogP contribution in [-0.4, -0.2) is 21.5 Å². The highest BCUT2D eigenvalue weighted by Gasteiger charge is 2.21. The van der Waals surface area contributed by atoms with Gasteiger partial charge in [0.25, 0.3) is 0 Å². The van der Waals surface area contributed by atoms with Gasteiger partial charge in [-0.05, 0) is 25.0 Å². The maximum atomic E-state index is 14.1. The monoisotopic (exact) mass is 355 g/mol. The summed E-state index contributed by atoms with van der Waals surface area (Å²) in [6.45, 7) is 4.85. The van der Waals surface area contributed by atoms with Crippen LogP contribution in [0.1, 0.15) is 30.0 Å². The van der Waals surface area contributed by atoms with Crippen molar-refractivity contribution in [2.24, 2.45) is 10.9 Å². The highest BCUT2D eigenvalue weighted by atomic mass is 35.5. The Morgan fingerprint density at radius 3 is 3.13 bits per heavy atom. The Balaban J connectivity index is 2.06. The van der Waals surface area contributed by atoms with Gasteiger partial charge in [0.15, 0.2) is 0 Å². The number of carbonyl (C=O) groups is 1. The molecule has 0 amide bonds. The largest absolute Gasteiger partial charge is 0.462 e. The molecule has 1 aliphatic rings. The number of fused-ring (bicyclic) bond motifs is 1. The van der Waals surface area contributed by atoms with E-state index >= 15 is 0 Å². The second kappa shape index (κ2) is 6.41. The molecular formula is C15H15ClFN3O2S. The highest BCUT2D eigenvalue weighted by molar-refractivity contribution is 7.02. The molecule has 0 bridgehead atoms. The van der Waals surface area contributed by atoms with Gasteiger partial charge >= 0.3 is 5.97 Å². The minimum Gasteiger partial charge on any atom is -0.462 e. The number of aromatic nitrogens is 2. The van der Waals surface area contributed by atoms with Gasteiger partial charge in [-0.15, -0.1) is 0 Å². The Bertz CT molecular complexity index is 831. The van der Waals surface area contributed by atoms with Crippen LogP contribution in [-0.2, 0) is 17.7 Å². The Labute approximate surface area is 141 Å². The van der Waals surface area contributed by atoms with Crippen LogP contribution in [0.3, 0.4) is 0 Å².